The second-order valence-electron chi connectivity index (χ2n) is 6.16. The van der Waals surface area contributed by atoms with Gasteiger partial charge in [-0.05, 0) is 19.1 Å². The third-order valence-corrected chi connectivity index (χ3v) is 4.51. The molecule has 6 amide bonds. The third-order valence-electron chi connectivity index (χ3n) is 4.51. The van der Waals surface area contributed by atoms with Gasteiger partial charge in [0.1, 0.15) is 12.1 Å². The van der Waals surface area contributed by atoms with Gasteiger partial charge in [-0.15, -0.1) is 0 Å². The highest BCUT2D eigenvalue weighted by molar-refractivity contribution is 6.38. The molecule has 0 spiro atoms. The normalized spacial score (nSPS) is 20.6. The van der Waals surface area contributed by atoms with Crippen molar-refractivity contribution in [1.82, 2.24) is 30.7 Å². The molecule has 144 valence electrons. The summed E-state index contributed by atoms with van der Waals surface area (Å²) in [6.07, 6.45) is 1.58. The van der Waals surface area contributed by atoms with Crippen molar-refractivity contribution < 1.29 is 24.0 Å². The number of amides is 6. The van der Waals surface area contributed by atoms with E-state index < -0.39 is 35.8 Å². The summed E-state index contributed by atoms with van der Waals surface area (Å²) in [5, 5.41) is 7.50. The van der Waals surface area contributed by atoms with Crippen LogP contribution in [0.4, 0.5) is 4.79 Å². The van der Waals surface area contributed by atoms with Crippen LogP contribution in [0, 0.1) is 0 Å². The van der Waals surface area contributed by atoms with Gasteiger partial charge in [-0.2, -0.15) is 0 Å². The Kier molecular flexibility index (Phi) is 5.10. The zero-order valence-electron chi connectivity index (χ0n) is 14.7. The van der Waals surface area contributed by atoms with E-state index in [1.54, 1.807) is 25.3 Å². The van der Waals surface area contributed by atoms with Crippen LogP contribution in [0.25, 0.3) is 0 Å². The Labute approximate surface area is 154 Å². The van der Waals surface area contributed by atoms with Crippen molar-refractivity contribution in [2.45, 2.75) is 19.0 Å². The fourth-order valence-corrected chi connectivity index (χ4v) is 2.84. The number of aromatic amines is 1. The first-order valence-electron chi connectivity index (χ1n) is 8.55. The summed E-state index contributed by atoms with van der Waals surface area (Å²) in [5.41, 5.74) is 0.381. The van der Waals surface area contributed by atoms with E-state index in [0.29, 0.717) is 18.8 Å². The number of aromatic nitrogens is 1. The zero-order chi connectivity index (χ0) is 19.6. The number of hydrogen-bond acceptors (Lipinski definition) is 5. The fraction of sp³-hybridized carbons (Fsp3) is 0.438. The Bertz CT molecular complexity index is 776. The summed E-state index contributed by atoms with van der Waals surface area (Å²) in [6.45, 7) is 2.69. The molecule has 11 heteroatoms. The zero-order valence-corrected chi connectivity index (χ0v) is 14.7. The number of rotatable bonds is 5. The molecule has 2 aliphatic rings. The molecule has 3 rings (SSSR count). The van der Waals surface area contributed by atoms with Crippen molar-refractivity contribution in [1.29, 1.82) is 0 Å². The highest BCUT2D eigenvalue weighted by atomic mass is 16.2. The van der Waals surface area contributed by atoms with Gasteiger partial charge in [0.25, 0.3) is 0 Å². The number of carbonyl (C=O) groups excluding carboxylic acids is 5. The van der Waals surface area contributed by atoms with E-state index in [9.17, 15) is 24.0 Å². The topological polar surface area (TPSA) is 144 Å². The summed E-state index contributed by atoms with van der Waals surface area (Å²) < 4.78 is 0. The van der Waals surface area contributed by atoms with Crippen LogP contribution in [-0.2, 0) is 19.2 Å². The SMILES string of the molecule is CCN1CCN(C(=O)NC(C(=O)NC2CNC2=O)c2ccc[nH]2)C(=O)C1=O. The predicted octanol–water partition coefficient (Wildman–Crippen LogP) is -1.93. The Morgan fingerprint density at radius 3 is 2.59 bits per heavy atom. The molecule has 2 aliphatic heterocycles. The second-order valence-corrected chi connectivity index (χ2v) is 6.16. The number of imide groups is 1. The first-order valence-corrected chi connectivity index (χ1v) is 8.55. The van der Waals surface area contributed by atoms with E-state index in [4.69, 9.17) is 0 Å². The van der Waals surface area contributed by atoms with E-state index in [-0.39, 0.29) is 19.0 Å². The van der Waals surface area contributed by atoms with Gasteiger partial charge in [0.15, 0.2) is 0 Å². The van der Waals surface area contributed by atoms with E-state index in [2.05, 4.69) is 20.9 Å². The summed E-state index contributed by atoms with van der Waals surface area (Å²) >= 11 is 0. The molecule has 1 aromatic heterocycles. The number of nitrogens with zero attached hydrogens (tertiary/aromatic N) is 2. The van der Waals surface area contributed by atoms with Crippen molar-refractivity contribution in [2.24, 2.45) is 0 Å². The van der Waals surface area contributed by atoms with E-state index in [0.717, 1.165) is 4.90 Å². The summed E-state index contributed by atoms with van der Waals surface area (Å²) in [7, 11) is 0. The minimum atomic E-state index is -1.15. The first kappa shape index (κ1) is 18.4. The lowest BCUT2D eigenvalue weighted by Crippen LogP contribution is -2.63. The van der Waals surface area contributed by atoms with Crippen molar-refractivity contribution in [3.8, 4) is 0 Å². The Balaban J connectivity index is 1.71. The molecule has 4 N–H and O–H groups in total. The van der Waals surface area contributed by atoms with Crippen LogP contribution in [0.3, 0.4) is 0 Å². The number of nitrogens with one attached hydrogen (secondary N) is 4. The number of carbonyl (C=O) groups is 5. The van der Waals surface area contributed by atoms with Crippen LogP contribution in [0.2, 0.25) is 0 Å². The molecule has 3 heterocycles. The molecule has 2 fully saturated rings. The summed E-state index contributed by atoms with van der Waals surface area (Å²) in [6, 6.07) is 0.577. The molecule has 2 unspecified atom stereocenters. The van der Waals surface area contributed by atoms with Gasteiger partial charge in [0.05, 0.1) is 0 Å². The maximum absolute atomic E-state index is 12.5. The molecule has 0 bridgehead atoms. The average Bonchev–Trinajstić information content (AvgIpc) is 3.19. The highest BCUT2D eigenvalue weighted by Crippen LogP contribution is 2.14. The summed E-state index contributed by atoms with van der Waals surface area (Å²) in [5.74, 6) is -2.61. The van der Waals surface area contributed by atoms with Crippen LogP contribution in [-0.4, -0.2) is 76.7 Å². The number of urea groups is 1. The maximum Gasteiger partial charge on any atom is 0.325 e. The molecule has 0 saturated carbocycles. The van der Waals surface area contributed by atoms with Gasteiger partial charge in [-0.1, -0.05) is 0 Å². The molecule has 2 saturated heterocycles. The number of β-lactam (4-membered cyclic amide) rings is 1. The Morgan fingerprint density at radius 1 is 1.26 bits per heavy atom. The molecule has 27 heavy (non-hydrogen) atoms. The van der Waals surface area contributed by atoms with Crippen molar-refractivity contribution in [2.75, 3.05) is 26.2 Å². The minimum Gasteiger partial charge on any atom is -0.363 e. The monoisotopic (exact) mass is 376 g/mol. The van der Waals surface area contributed by atoms with Crippen molar-refractivity contribution in [3.63, 3.8) is 0 Å². The summed E-state index contributed by atoms with van der Waals surface area (Å²) in [4.78, 5) is 65.6. The average molecular weight is 376 g/mol. The number of piperazine rings is 1. The van der Waals surface area contributed by atoms with Gasteiger partial charge in [-0.3, -0.25) is 24.1 Å². The molecule has 0 aliphatic carbocycles. The molecule has 0 radical (unpaired) electrons. The Morgan fingerprint density at radius 2 is 2.04 bits per heavy atom. The van der Waals surface area contributed by atoms with E-state index >= 15 is 0 Å². The molecule has 2 atom stereocenters. The van der Waals surface area contributed by atoms with Gasteiger partial charge >= 0.3 is 17.8 Å². The van der Waals surface area contributed by atoms with Crippen LogP contribution >= 0.6 is 0 Å². The predicted molar refractivity (Wildman–Crippen MR) is 91.0 cm³/mol. The quantitative estimate of drug-likeness (QED) is 0.350. The molecular weight excluding hydrogens is 356 g/mol. The van der Waals surface area contributed by atoms with Gasteiger partial charge in [0, 0.05) is 38.1 Å². The van der Waals surface area contributed by atoms with E-state index in [1.807, 2.05) is 0 Å². The molecule has 1 aromatic rings. The lowest BCUT2D eigenvalue weighted by Gasteiger charge is -2.33. The number of hydrogen-bond donors (Lipinski definition) is 4. The van der Waals surface area contributed by atoms with Crippen LogP contribution in [0.1, 0.15) is 18.7 Å². The standard InChI is InChI=1S/C16H20N6O5/c1-2-21-6-7-22(15(26)14(21)25)16(27)20-11(9-4-3-5-17-9)13(24)19-10-8-18-12(10)23/h3-5,10-11,17H,2,6-8H2,1H3,(H,18,23)(H,19,24)(H,20,27). The van der Waals surface area contributed by atoms with Gasteiger partial charge in [-0.25, -0.2) is 4.79 Å². The van der Waals surface area contributed by atoms with Gasteiger partial charge < -0.3 is 25.8 Å². The first-order chi connectivity index (χ1) is 12.9. The van der Waals surface area contributed by atoms with Crippen molar-refractivity contribution >= 4 is 29.7 Å². The fourth-order valence-electron chi connectivity index (χ4n) is 2.84. The minimum absolute atomic E-state index is 0.0361. The molecule has 11 nitrogen and oxygen atoms in total. The highest BCUT2D eigenvalue weighted by Gasteiger charge is 2.38. The van der Waals surface area contributed by atoms with Gasteiger partial charge in [0.2, 0.25) is 11.8 Å². The number of likely N-dealkylation sites (N-methyl/N-ethyl adjacent to an activating group) is 1. The Hall–Kier alpha value is -3.37. The van der Waals surface area contributed by atoms with E-state index in [1.165, 1.54) is 4.90 Å². The maximum atomic E-state index is 12.5. The lowest BCUT2D eigenvalue weighted by molar-refractivity contribution is -0.153. The molecular formula is C16H20N6O5. The van der Waals surface area contributed by atoms with Crippen LogP contribution < -0.4 is 16.0 Å². The molecule has 0 aromatic carbocycles. The number of H-pyrrole nitrogens is 1. The van der Waals surface area contributed by atoms with Crippen LogP contribution in [0.5, 0.6) is 0 Å². The largest absolute Gasteiger partial charge is 0.363 e. The third kappa shape index (κ3) is 3.61. The second kappa shape index (κ2) is 7.48. The van der Waals surface area contributed by atoms with Crippen LogP contribution in [0.15, 0.2) is 18.3 Å². The smallest absolute Gasteiger partial charge is 0.325 e. The van der Waals surface area contributed by atoms with Crippen molar-refractivity contribution in [3.05, 3.63) is 24.0 Å². The lowest BCUT2D eigenvalue weighted by atomic mass is 10.1.